The average molecular weight is 265 g/mol. The lowest BCUT2D eigenvalue weighted by Crippen LogP contribution is -2.06. The molecule has 0 aliphatic rings. The molecule has 1 aromatic carbocycles. The van der Waals surface area contributed by atoms with Gasteiger partial charge in [-0.25, -0.2) is 14.2 Å². The van der Waals surface area contributed by atoms with E-state index in [1.807, 2.05) is 0 Å². The van der Waals surface area contributed by atoms with Gasteiger partial charge in [-0.05, 0) is 37.1 Å². The lowest BCUT2D eigenvalue weighted by atomic mass is 10.1. The number of thiazole rings is 1. The second-order valence-electron chi connectivity index (χ2n) is 3.71. The molecule has 94 valence electrons. The van der Waals surface area contributed by atoms with Crippen LogP contribution in [0.1, 0.15) is 23.0 Å². The third-order valence-corrected chi connectivity index (χ3v) is 3.33. The maximum absolute atomic E-state index is 13.2. The topological polar surface area (TPSA) is 39.2 Å². The minimum Gasteiger partial charge on any atom is -0.461 e. The quantitative estimate of drug-likeness (QED) is 0.798. The molecule has 0 radical (unpaired) electrons. The van der Waals surface area contributed by atoms with Gasteiger partial charge < -0.3 is 4.74 Å². The van der Waals surface area contributed by atoms with E-state index in [1.165, 1.54) is 17.4 Å². The Kier molecular flexibility index (Phi) is 3.72. The van der Waals surface area contributed by atoms with Gasteiger partial charge in [-0.2, -0.15) is 0 Å². The Morgan fingerprint density at radius 2 is 2.28 bits per heavy atom. The summed E-state index contributed by atoms with van der Waals surface area (Å²) < 4.78 is 18.1. The number of carbonyl (C=O) groups excluding carboxylic acids is 1. The Balaban J connectivity index is 2.42. The van der Waals surface area contributed by atoms with E-state index < -0.39 is 5.97 Å². The van der Waals surface area contributed by atoms with Crippen molar-refractivity contribution in [3.63, 3.8) is 0 Å². The molecule has 0 N–H and O–H groups in total. The SMILES string of the molecule is CCOC(=O)c1ncsc1-c1ccc(F)c(C)c1. The van der Waals surface area contributed by atoms with E-state index in [2.05, 4.69) is 4.98 Å². The zero-order valence-corrected chi connectivity index (χ0v) is 10.9. The average Bonchev–Trinajstić information content (AvgIpc) is 2.82. The zero-order chi connectivity index (χ0) is 13.1. The van der Waals surface area contributed by atoms with E-state index in [0.717, 1.165) is 5.56 Å². The largest absolute Gasteiger partial charge is 0.461 e. The van der Waals surface area contributed by atoms with Gasteiger partial charge in [-0.15, -0.1) is 11.3 Å². The second kappa shape index (κ2) is 5.27. The summed E-state index contributed by atoms with van der Waals surface area (Å²) in [6, 6.07) is 4.73. The lowest BCUT2D eigenvalue weighted by Gasteiger charge is -2.04. The van der Waals surface area contributed by atoms with E-state index in [1.54, 1.807) is 31.5 Å². The van der Waals surface area contributed by atoms with E-state index in [4.69, 9.17) is 4.74 Å². The van der Waals surface area contributed by atoms with Crippen LogP contribution in [0.4, 0.5) is 4.39 Å². The van der Waals surface area contributed by atoms with Gasteiger partial charge in [0, 0.05) is 0 Å². The maximum Gasteiger partial charge on any atom is 0.358 e. The Bertz CT molecular complexity index is 580. The normalized spacial score (nSPS) is 10.4. The van der Waals surface area contributed by atoms with Crippen LogP contribution in [0.25, 0.3) is 10.4 Å². The molecule has 0 amide bonds. The first-order valence-corrected chi connectivity index (χ1v) is 6.38. The third-order valence-electron chi connectivity index (χ3n) is 2.46. The maximum atomic E-state index is 13.2. The highest BCUT2D eigenvalue weighted by Crippen LogP contribution is 2.29. The summed E-state index contributed by atoms with van der Waals surface area (Å²) in [5.74, 6) is -0.711. The number of hydrogen-bond acceptors (Lipinski definition) is 4. The van der Waals surface area contributed by atoms with Crippen molar-refractivity contribution in [1.82, 2.24) is 4.98 Å². The fraction of sp³-hybridized carbons (Fsp3) is 0.231. The van der Waals surface area contributed by atoms with Gasteiger partial charge in [-0.1, -0.05) is 6.07 Å². The summed E-state index contributed by atoms with van der Waals surface area (Å²) in [6.07, 6.45) is 0. The molecule has 2 rings (SSSR count). The smallest absolute Gasteiger partial charge is 0.358 e. The van der Waals surface area contributed by atoms with Gasteiger partial charge in [0.2, 0.25) is 0 Å². The molecule has 0 atom stereocenters. The van der Waals surface area contributed by atoms with Crippen molar-refractivity contribution in [2.24, 2.45) is 0 Å². The molecular formula is C13H12FNO2S. The highest BCUT2D eigenvalue weighted by Gasteiger charge is 2.17. The molecule has 3 nitrogen and oxygen atoms in total. The molecule has 0 unspecified atom stereocenters. The van der Waals surface area contributed by atoms with Crippen LogP contribution >= 0.6 is 11.3 Å². The highest BCUT2D eigenvalue weighted by atomic mass is 32.1. The predicted octanol–water partition coefficient (Wildman–Crippen LogP) is 3.43. The van der Waals surface area contributed by atoms with E-state index in [9.17, 15) is 9.18 Å². The van der Waals surface area contributed by atoms with Crippen molar-refractivity contribution < 1.29 is 13.9 Å². The predicted molar refractivity (Wildman–Crippen MR) is 68.2 cm³/mol. The fourth-order valence-electron chi connectivity index (χ4n) is 1.58. The van der Waals surface area contributed by atoms with Crippen molar-refractivity contribution >= 4 is 17.3 Å². The molecule has 18 heavy (non-hydrogen) atoms. The number of aryl methyl sites for hydroxylation is 1. The molecule has 5 heteroatoms. The summed E-state index contributed by atoms with van der Waals surface area (Å²) in [7, 11) is 0. The van der Waals surface area contributed by atoms with Crippen LogP contribution < -0.4 is 0 Å². The third kappa shape index (κ3) is 2.41. The van der Waals surface area contributed by atoms with Gasteiger partial charge in [0.15, 0.2) is 5.69 Å². The molecule has 1 heterocycles. The molecule has 0 aliphatic carbocycles. The molecular weight excluding hydrogens is 253 g/mol. The standard InChI is InChI=1S/C13H12FNO2S/c1-3-17-13(16)11-12(18-7-15-11)9-4-5-10(14)8(2)6-9/h4-7H,3H2,1-2H3. The summed E-state index contributed by atoms with van der Waals surface area (Å²) in [6.45, 7) is 3.73. The van der Waals surface area contributed by atoms with Crippen LogP contribution in [-0.2, 0) is 4.74 Å². The molecule has 1 aromatic heterocycles. The summed E-state index contributed by atoms with van der Waals surface area (Å²) >= 11 is 1.34. The van der Waals surface area contributed by atoms with Gasteiger partial charge in [0.1, 0.15) is 5.82 Å². The fourth-order valence-corrected chi connectivity index (χ4v) is 2.36. The highest BCUT2D eigenvalue weighted by molar-refractivity contribution is 7.13. The summed E-state index contributed by atoms with van der Waals surface area (Å²) in [5, 5.41) is 0. The molecule has 0 fully saturated rings. The van der Waals surface area contributed by atoms with E-state index >= 15 is 0 Å². The number of rotatable bonds is 3. The number of aromatic nitrogens is 1. The van der Waals surface area contributed by atoms with Crippen LogP contribution in [0.2, 0.25) is 0 Å². The molecule has 0 aliphatic heterocycles. The van der Waals surface area contributed by atoms with Crippen LogP contribution in [-0.4, -0.2) is 17.6 Å². The molecule has 0 saturated heterocycles. The van der Waals surface area contributed by atoms with Crippen LogP contribution in [0, 0.1) is 12.7 Å². The van der Waals surface area contributed by atoms with Crippen LogP contribution in [0.3, 0.4) is 0 Å². The lowest BCUT2D eigenvalue weighted by molar-refractivity contribution is 0.0521. The molecule has 0 saturated carbocycles. The van der Waals surface area contributed by atoms with Gasteiger partial charge in [0.25, 0.3) is 0 Å². The van der Waals surface area contributed by atoms with Gasteiger partial charge in [0.05, 0.1) is 17.0 Å². The first-order valence-electron chi connectivity index (χ1n) is 5.50. The minimum atomic E-state index is -0.448. The Morgan fingerprint density at radius 1 is 1.50 bits per heavy atom. The zero-order valence-electron chi connectivity index (χ0n) is 10.1. The number of hydrogen-bond donors (Lipinski definition) is 0. The number of esters is 1. The molecule has 0 spiro atoms. The first kappa shape index (κ1) is 12.7. The second-order valence-corrected chi connectivity index (χ2v) is 4.57. The summed E-state index contributed by atoms with van der Waals surface area (Å²) in [4.78, 5) is 16.4. The first-order chi connectivity index (χ1) is 8.63. The Labute approximate surface area is 108 Å². The van der Waals surface area contributed by atoms with Crippen LogP contribution in [0.5, 0.6) is 0 Å². The van der Waals surface area contributed by atoms with Gasteiger partial charge >= 0.3 is 5.97 Å². The Hall–Kier alpha value is -1.75. The molecule has 2 aromatic rings. The number of nitrogens with zero attached hydrogens (tertiary/aromatic N) is 1. The van der Waals surface area contributed by atoms with Crippen molar-refractivity contribution in [3.05, 3.63) is 40.8 Å². The van der Waals surface area contributed by atoms with Crippen LogP contribution in [0.15, 0.2) is 23.7 Å². The van der Waals surface area contributed by atoms with Gasteiger partial charge in [-0.3, -0.25) is 0 Å². The Morgan fingerprint density at radius 3 is 2.94 bits per heavy atom. The monoisotopic (exact) mass is 265 g/mol. The number of halogens is 1. The number of ether oxygens (including phenoxy) is 1. The summed E-state index contributed by atoms with van der Waals surface area (Å²) in [5.41, 5.74) is 3.18. The number of carbonyl (C=O) groups is 1. The molecule has 0 bridgehead atoms. The van der Waals surface area contributed by atoms with Crippen molar-refractivity contribution in [1.29, 1.82) is 0 Å². The van der Waals surface area contributed by atoms with E-state index in [0.29, 0.717) is 17.0 Å². The van der Waals surface area contributed by atoms with Crippen molar-refractivity contribution in [3.8, 4) is 10.4 Å². The van der Waals surface area contributed by atoms with Crippen molar-refractivity contribution in [2.45, 2.75) is 13.8 Å². The minimum absolute atomic E-state index is 0.263. The van der Waals surface area contributed by atoms with E-state index in [-0.39, 0.29) is 11.5 Å². The number of benzene rings is 1. The van der Waals surface area contributed by atoms with Crippen molar-refractivity contribution in [2.75, 3.05) is 6.61 Å².